The topological polar surface area (TPSA) is 199 Å². The summed E-state index contributed by atoms with van der Waals surface area (Å²) in [7, 11) is 1.77. The summed E-state index contributed by atoms with van der Waals surface area (Å²) >= 11 is 1.53. The third kappa shape index (κ3) is 13.9. The highest BCUT2D eigenvalue weighted by Gasteiger charge is 2.43. The van der Waals surface area contributed by atoms with Gasteiger partial charge in [0.1, 0.15) is 30.3 Å². The number of nitrogens with two attached hydrogens (primary N) is 1. The number of nitrogens with zero attached hydrogens (tertiary/aromatic N) is 7. The smallest absolute Gasteiger partial charge is 0.260 e. The lowest BCUT2D eigenvalue weighted by Crippen LogP contribution is -2.48. The van der Waals surface area contributed by atoms with Crippen LogP contribution in [0.4, 0.5) is 16.0 Å². The first-order valence-corrected chi connectivity index (χ1v) is 28.7. The van der Waals surface area contributed by atoms with Gasteiger partial charge in [-0.3, -0.25) is 29.0 Å². The molecule has 4 aliphatic rings. The molecule has 4 N–H and O–H groups in total. The van der Waals surface area contributed by atoms with Gasteiger partial charge in [0.25, 0.3) is 5.82 Å². The summed E-state index contributed by atoms with van der Waals surface area (Å²) in [5.74, 6) is -0.00525. The third-order valence-corrected chi connectivity index (χ3v) is 17.1. The van der Waals surface area contributed by atoms with Crippen LogP contribution in [0.15, 0.2) is 59.7 Å². The van der Waals surface area contributed by atoms with E-state index in [9.17, 15) is 28.4 Å². The van der Waals surface area contributed by atoms with Crippen molar-refractivity contribution in [3.8, 4) is 16.9 Å². The van der Waals surface area contributed by atoms with Crippen molar-refractivity contribution in [3.63, 3.8) is 0 Å². The fourth-order valence-corrected chi connectivity index (χ4v) is 12.6. The van der Waals surface area contributed by atoms with Crippen LogP contribution in [0, 0.1) is 37.1 Å². The van der Waals surface area contributed by atoms with E-state index in [0.717, 1.165) is 100 Å². The van der Waals surface area contributed by atoms with Crippen LogP contribution < -0.4 is 21.1 Å². The van der Waals surface area contributed by atoms with Crippen LogP contribution in [0.1, 0.15) is 141 Å². The molecule has 4 aliphatic heterocycles. The number of carbonyl (C=O) groups is 5. The Bertz CT molecular complexity index is 2860. The number of hydrogen-bond acceptors (Lipinski definition) is 13. The predicted octanol–water partition coefficient (Wildman–Crippen LogP) is 9.17. The van der Waals surface area contributed by atoms with Gasteiger partial charge >= 0.3 is 0 Å². The normalized spacial score (nSPS) is 20.7. The van der Waals surface area contributed by atoms with Gasteiger partial charge in [-0.05, 0) is 128 Å². The molecule has 2 bridgehead atoms. The maximum Gasteiger partial charge on any atom is 0.260 e. The molecular weight excluding hydrogens is 996 g/mol. The number of nitrogens with one attached hydrogen (secondary N) is 2. The number of amides is 2. The molecule has 16 nitrogen and oxygen atoms in total. The van der Waals surface area contributed by atoms with Crippen molar-refractivity contribution in [2.45, 2.75) is 142 Å². The van der Waals surface area contributed by atoms with Crippen LogP contribution in [0.3, 0.4) is 0 Å². The molecule has 2 fully saturated rings. The van der Waals surface area contributed by atoms with E-state index >= 15 is 0 Å². The largest absolute Gasteiger partial charge is 0.482 e. The monoisotopic (exact) mass is 1070 g/mol. The molecule has 0 saturated carbocycles. The lowest BCUT2D eigenvalue weighted by molar-refractivity contribution is -0.141. The predicted molar refractivity (Wildman–Crippen MR) is 299 cm³/mol. The third-order valence-electron chi connectivity index (χ3n) is 16.0. The lowest BCUT2D eigenvalue weighted by Gasteiger charge is -2.38. The quantitative estimate of drug-likeness (QED) is 0.0407. The Morgan fingerprint density at radius 3 is 2.45 bits per heavy atom. The number of benzene rings is 2. The van der Waals surface area contributed by atoms with Gasteiger partial charge < -0.3 is 35.7 Å². The number of carbonyl (C=O) groups excluding carboxylic acids is 5. The van der Waals surface area contributed by atoms with E-state index in [0.29, 0.717) is 64.7 Å². The van der Waals surface area contributed by atoms with Crippen molar-refractivity contribution >= 4 is 57.6 Å². The molecule has 410 valence electrons. The molecule has 0 aliphatic carbocycles. The number of ketones is 3. The van der Waals surface area contributed by atoms with Crippen LogP contribution >= 0.6 is 11.8 Å². The Labute approximate surface area is 456 Å². The van der Waals surface area contributed by atoms with Crippen molar-refractivity contribution in [2.75, 3.05) is 51.3 Å². The molecular formula is C59H75FN10O6S. The zero-order valence-corrected chi connectivity index (χ0v) is 46.1. The first-order valence-electron chi connectivity index (χ1n) is 27.7. The van der Waals surface area contributed by atoms with Crippen molar-refractivity contribution in [2.24, 2.45) is 22.7 Å². The molecule has 77 heavy (non-hydrogen) atoms. The van der Waals surface area contributed by atoms with Gasteiger partial charge in [-0.2, -0.15) is 4.68 Å². The van der Waals surface area contributed by atoms with Crippen LogP contribution in [-0.2, 0) is 27.3 Å². The second-order valence-electron chi connectivity index (χ2n) is 21.5. The molecule has 2 amide bonds. The summed E-state index contributed by atoms with van der Waals surface area (Å²) in [6, 6.07) is 11.9. The number of fused-ring (bicyclic) bond motifs is 5. The molecule has 2 aromatic heterocycles. The Morgan fingerprint density at radius 1 is 0.974 bits per heavy atom. The number of anilines is 1. The number of ether oxygens (including phenoxy) is 1. The number of aromatic nitrogens is 3. The second kappa shape index (κ2) is 26.4. The van der Waals surface area contributed by atoms with Gasteiger partial charge in [0.2, 0.25) is 11.8 Å². The van der Waals surface area contributed by atoms with Crippen molar-refractivity contribution in [1.82, 2.24) is 35.2 Å². The van der Waals surface area contributed by atoms with E-state index in [-0.39, 0.29) is 72.5 Å². The van der Waals surface area contributed by atoms with Gasteiger partial charge in [0.05, 0.1) is 29.4 Å². The minimum absolute atomic E-state index is 0.0197. The number of thioether (sulfide) groups is 1. The summed E-state index contributed by atoms with van der Waals surface area (Å²) < 4.78 is 21.5. The highest BCUT2D eigenvalue weighted by molar-refractivity contribution is 8.14. The van der Waals surface area contributed by atoms with Crippen molar-refractivity contribution in [1.29, 1.82) is 0 Å². The summed E-state index contributed by atoms with van der Waals surface area (Å²) in [5.41, 5.74) is 10.8. The number of halogens is 1. The SMILES string of the molecule is [C-]#[N+]c1c2c(nn1CCNC(=O)CCCCCCCCN1CCC([C@H](CC(=O)[C@H](C)NC)C(=O)N3CCC[C@H]3C3=NC(C(=O)c4ccc(F)cc4)CS3)CC1)CC(C)C(=O)c1ccc(C)cc1[C@@H](C)Oc1cc-2cnc1N. The number of unbranched alkanes of at least 4 members (excludes halogenated alkanes) is 5. The number of piperidine rings is 1. The van der Waals surface area contributed by atoms with E-state index in [1.807, 2.05) is 50.8 Å². The highest BCUT2D eigenvalue weighted by atomic mass is 32.2. The average Bonchev–Trinajstić information content (AvgIpc) is 4.25. The Balaban J connectivity index is 0.761. The number of likely N-dealkylation sites (tertiary alicyclic amines) is 2. The molecule has 18 heteroatoms. The molecule has 2 saturated heterocycles. The standard InChI is InChI=1S/C59H75FN10O6S/c1-36-16-21-44-45(30-36)39(4)76-51-32-42(34-65-56(51)61)53-47(31-37(2)54(44)73)67-70(57(53)63-6)29-24-64-52(72)15-11-9-7-8-10-12-25-68-27-22-40(23-28-68)46(33-50(71)38(3)62-5)59(75)69-26-13-14-49(69)58-66-48(35-77-58)55(74)41-17-19-43(60)20-18-41/h16-21,30,32,34,37-40,46,48-49,62H,7-15,22-29,31,33,35H2,1-5H3,(H2,61,65)(H,64,72)/t37?,38-,39+,46-,48?,49-/m0/s1. The number of rotatable bonds is 21. The van der Waals surface area contributed by atoms with Gasteiger partial charge in [-0.15, -0.1) is 16.9 Å². The Morgan fingerprint density at radius 2 is 1.71 bits per heavy atom. The maximum absolute atomic E-state index is 14.6. The van der Waals surface area contributed by atoms with Crippen LogP contribution in [-0.4, -0.2) is 122 Å². The second-order valence-corrected chi connectivity index (χ2v) is 22.5. The van der Waals surface area contributed by atoms with E-state index in [1.54, 1.807) is 24.0 Å². The first-order chi connectivity index (χ1) is 37.1. The zero-order valence-electron chi connectivity index (χ0n) is 45.3. The molecule has 2 aromatic carbocycles. The van der Waals surface area contributed by atoms with E-state index in [4.69, 9.17) is 27.1 Å². The van der Waals surface area contributed by atoms with Crippen LogP contribution in [0.5, 0.6) is 5.75 Å². The van der Waals surface area contributed by atoms with E-state index < -0.39 is 29.8 Å². The van der Waals surface area contributed by atoms with Gasteiger partial charge in [-0.25, -0.2) is 9.37 Å². The lowest BCUT2D eigenvalue weighted by atomic mass is 9.79. The highest BCUT2D eigenvalue weighted by Crippen LogP contribution is 2.41. The first kappa shape index (κ1) is 56.9. The summed E-state index contributed by atoms with van der Waals surface area (Å²) in [6.07, 6.45) is 11.3. The molecule has 4 aromatic rings. The molecule has 2 unspecified atom stereocenters. The fourth-order valence-electron chi connectivity index (χ4n) is 11.4. The number of nitrogen functional groups attached to an aromatic ring is 1. The molecule has 0 radical (unpaired) electrons. The van der Waals surface area contributed by atoms with Gasteiger partial charge in [0.15, 0.2) is 23.1 Å². The van der Waals surface area contributed by atoms with E-state index in [2.05, 4.69) is 25.4 Å². The average molecular weight is 1070 g/mol. The molecule has 8 rings (SSSR count). The Hall–Kier alpha value is -6.29. The van der Waals surface area contributed by atoms with Gasteiger partial charge in [0, 0.05) is 71.8 Å². The minimum Gasteiger partial charge on any atom is -0.482 e. The zero-order chi connectivity index (χ0) is 54.8. The number of hydrogen-bond donors (Lipinski definition) is 3. The van der Waals surface area contributed by atoms with Crippen molar-refractivity contribution in [3.05, 3.63) is 99.9 Å². The Kier molecular flexibility index (Phi) is 19.5. The van der Waals surface area contributed by atoms with E-state index in [1.165, 1.54) is 36.0 Å². The maximum atomic E-state index is 14.6. The van der Waals surface area contributed by atoms with Crippen LogP contribution in [0.25, 0.3) is 16.0 Å². The number of aryl methyl sites for hydroxylation is 1. The summed E-state index contributed by atoms with van der Waals surface area (Å²) in [4.78, 5) is 85.7. The molecule has 0 spiro atoms. The number of pyridine rings is 1. The fraction of sp³-hybridized carbons (Fsp3) is 0.542. The number of likely N-dealkylation sites (N-methyl/N-ethyl adjacent to an activating group) is 1. The minimum atomic E-state index is -0.571. The van der Waals surface area contributed by atoms with Gasteiger partial charge in [-0.1, -0.05) is 62.9 Å². The number of Topliss-reactive ketones (excluding diaryl/α,β-unsaturated/α-hetero) is 3. The summed E-state index contributed by atoms with van der Waals surface area (Å²) in [5, 5.41) is 11.7. The molecule has 6 atom stereocenters. The van der Waals surface area contributed by atoms with Crippen molar-refractivity contribution < 1.29 is 33.1 Å². The summed E-state index contributed by atoms with van der Waals surface area (Å²) in [6.45, 7) is 19.7. The number of aliphatic imine (C=N–C) groups is 1. The van der Waals surface area contributed by atoms with Crippen LogP contribution in [0.2, 0.25) is 0 Å². The molecule has 6 heterocycles.